The molecule has 1 aliphatic rings. The van der Waals surface area contributed by atoms with Gasteiger partial charge in [0.25, 0.3) is 0 Å². The van der Waals surface area contributed by atoms with Crippen LogP contribution in [0, 0.1) is 5.92 Å². The van der Waals surface area contributed by atoms with E-state index in [9.17, 15) is 4.79 Å². The molecular weight excluding hydrogens is 240 g/mol. The van der Waals surface area contributed by atoms with E-state index in [-0.39, 0.29) is 11.9 Å². The van der Waals surface area contributed by atoms with Gasteiger partial charge in [0.1, 0.15) is 11.5 Å². The Kier molecular flexibility index (Phi) is 4.61. The molecule has 1 aromatic heterocycles. The normalized spacial score (nSPS) is 19.4. The van der Waals surface area contributed by atoms with Gasteiger partial charge in [-0.05, 0) is 25.2 Å². The van der Waals surface area contributed by atoms with Gasteiger partial charge in [-0.15, -0.1) is 0 Å². The van der Waals surface area contributed by atoms with Gasteiger partial charge in [-0.2, -0.15) is 0 Å². The van der Waals surface area contributed by atoms with Gasteiger partial charge in [0.15, 0.2) is 0 Å². The van der Waals surface area contributed by atoms with E-state index in [4.69, 9.17) is 4.52 Å². The minimum absolute atomic E-state index is 0.126. The summed E-state index contributed by atoms with van der Waals surface area (Å²) in [6.45, 7) is 7.14. The van der Waals surface area contributed by atoms with Crippen LogP contribution in [0.5, 0.6) is 0 Å². The van der Waals surface area contributed by atoms with Crippen LogP contribution >= 0.6 is 0 Å². The molecule has 1 fully saturated rings. The third kappa shape index (κ3) is 3.37. The van der Waals surface area contributed by atoms with Gasteiger partial charge in [-0.1, -0.05) is 25.9 Å². The van der Waals surface area contributed by atoms with Crippen molar-refractivity contribution in [2.24, 2.45) is 5.92 Å². The van der Waals surface area contributed by atoms with Crippen molar-refractivity contribution in [1.29, 1.82) is 0 Å². The SMILES string of the molecule is CCCc1cc(C2CCCN2C(=O)CC(C)C)no1. The monoisotopic (exact) mass is 264 g/mol. The number of nitrogens with zero attached hydrogens (tertiary/aromatic N) is 2. The van der Waals surface area contributed by atoms with Gasteiger partial charge in [0.05, 0.1) is 6.04 Å². The lowest BCUT2D eigenvalue weighted by atomic mass is 10.1. The van der Waals surface area contributed by atoms with E-state index in [2.05, 4.69) is 25.9 Å². The van der Waals surface area contributed by atoms with Crippen LogP contribution in [0.15, 0.2) is 10.6 Å². The van der Waals surface area contributed by atoms with E-state index in [0.717, 1.165) is 43.7 Å². The molecule has 2 heterocycles. The van der Waals surface area contributed by atoms with Gasteiger partial charge in [-0.25, -0.2) is 0 Å². The molecule has 0 N–H and O–H groups in total. The maximum Gasteiger partial charge on any atom is 0.223 e. The first-order chi connectivity index (χ1) is 9.11. The Hall–Kier alpha value is -1.32. The summed E-state index contributed by atoms with van der Waals surface area (Å²) >= 11 is 0. The maximum atomic E-state index is 12.2. The summed E-state index contributed by atoms with van der Waals surface area (Å²) in [6.07, 6.45) is 4.65. The standard InChI is InChI=1S/C15H24N2O2/c1-4-6-12-10-13(16-19-12)14-7-5-8-17(14)15(18)9-11(2)3/h10-11,14H,4-9H2,1-3H3. The highest BCUT2D eigenvalue weighted by Gasteiger charge is 2.32. The van der Waals surface area contributed by atoms with Crippen molar-refractivity contribution < 1.29 is 9.32 Å². The lowest BCUT2D eigenvalue weighted by molar-refractivity contribution is -0.133. The highest BCUT2D eigenvalue weighted by molar-refractivity contribution is 5.77. The lowest BCUT2D eigenvalue weighted by Crippen LogP contribution is -2.31. The number of carbonyl (C=O) groups excluding carboxylic acids is 1. The number of hydrogen-bond acceptors (Lipinski definition) is 3. The van der Waals surface area contributed by atoms with E-state index in [1.165, 1.54) is 0 Å². The van der Waals surface area contributed by atoms with Crippen LogP contribution < -0.4 is 0 Å². The minimum Gasteiger partial charge on any atom is -0.361 e. The fourth-order valence-corrected chi connectivity index (χ4v) is 2.69. The molecular formula is C15H24N2O2. The number of aryl methyl sites for hydroxylation is 1. The predicted octanol–water partition coefficient (Wildman–Crippen LogP) is 3.34. The molecule has 2 rings (SSSR count). The van der Waals surface area contributed by atoms with Crippen molar-refractivity contribution in [2.75, 3.05) is 6.54 Å². The summed E-state index contributed by atoms with van der Waals surface area (Å²) in [6, 6.07) is 2.15. The van der Waals surface area contributed by atoms with E-state index in [1.54, 1.807) is 0 Å². The molecule has 1 unspecified atom stereocenters. The van der Waals surface area contributed by atoms with Crippen molar-refractivity contribution in [3.63, 3.8) is 0 Å². The van der Waals surface area contributed by atoms with E-state index in [0.29, 0.717) is 12.3 Å². The molecule has 4 heteroatoms. The predicted molar refractivity (Wildman–Crippen MR) is 73.6 cm³/mol. The number of amides is 1. The second-order valence-corrected chi connectivity index (χ2v) is 5.81. The molecule has 19 heavy (non-hydrogen) atoms. The Morgan fingerprint density at radius 3 is 3.05 bits per heavy atom. The van der Waals surface area contributed by atoms with Crippen molar-refractivity contribution in [2.45, 2.75) is 58.9 Å². The third-order valence-corrected chi connectivity index (χ3v) is 3.57. The Morgan fingerprint density at radius 2 is 2.37 bits per heavy atom. The topological polar surface area (TPSA) is 46.3 Å². The zero-order valence-corrected chi connectivity index (χ0v) is 12.2. The largest absolute Gasteiger partial charge is 0.361 e. The van der Waals surface area contributed by atoms with Crippen LogP contribution in [0.25, 0.3) is 0 Å². The average Bonchev–Trinajstić information content (AvgIpc) is 2.95. The van der Waals surface area contributed by atoms with Crippen LogP contribution in [0.1, 0.15) is 64.0 Å². The smallest absolute Gasteiger partial charge is 0.223 e. The molecule has 0 saturated carbocycles. The Balaban J connectivity index is 2.06. The fraction of sp³-hybridized carbons (Fsp3) is 0.733. The molecule has 0 aliphatic carbocycles. The van der Waals surface area contributed by atoms with Gasteiger partial charge < -0.3 is 9.42 Å². The summed E-state index contributed by atoms with van der Waals surface area (Å²) in [7, 11) is 0. The van der Waals surface area contributed by atoms with Crippen LogP contribution in [0.4, 0.5) is 0 Å². The molecule has 1 atom stereocenters. The number of hydrogen-bond donors (Lipinski definition) is 0. The van der Waals surface area contributed by atoms with Crippen molar-refractivity contribution in [3.05, 3.63) is 17.5 Å². The fourth-order valence-electron chi connectivity index (χ4n) is 2.69. The van der Waals surface area contributed by atoms with Crippen molar-refractivity contribution >= 4 is 5.91 Å². The summed E-state index contributed by atoms with van der Waals surface area (Å²) in [5.74, 6) is 1.58. The summed E-state index contributed by atoms with van der Waals surface area (Å²) in [5.41, 5.74) is 0.929. The number of rotatable bonds is 5. The first-order valence-electron chi connectivity index (χ1n) is 7.36. The van der Waals surface area contributed by atoms with Crippen LogP contribution in [0.3, 0.4) is 0 Å². The zero-order valence-electron chi connectivity index (χ0n) is 12.2. The van der Waals surface area contributed by atoms with Crippen LogP contribution in [-0.4, -0.2) is 22.5 Å². The molecule has 0 aromatic carbocycles. The molecule has 1 saturated heterocycles. The van der Waals surface area contributed by atoms with E-state index in [1.807, 2.05) is 11.0 Å². The Bertz CT molecular complexity index is 426. The van der Waals surface area contributed by atoms with E-state index < -0.39 is 0 Å². The second kappa shape index (κ2) is 6.22. The van der Waals surface area contributed by atoms with Crippen molar-refractivity contribution in [3.8, 4) is 0 Å². The average molecular weight is 264 g/mol. The van der Waals surface area contributed by atoms with Crippen LogP contribution in [-0.2, 0) is 11.2 Å². The number of likely N-dealkylation sites (tertiary alicyclic amines) is 1. The molecule has 4 nitrogen and oxygen atoms in total. The Labute approximate surface area is 115 Å². The van der Waals surface area contributed by atoms with Crippen molar-refractivity contribution in [1.82, 2.24) is 10.1 Å². The molecule has 1 aliphatic heterocycles. The first kappa shape index (κ1) is 14.1. The molecule has 0 bridgehead atoms. The molecule has 1 aromatic rings. The quantitative estimate of drug-likeness (QED) is 0.819. The maximum absolute atomic E-state index is 12.2. The van der Waals surface area contributed by atoms with Gasteiger partial charge in [-0.3, -0.25) is 4.79 Å². The summed E-state index contributed by atoms with van der Waals surface area (Å²) in [5, 5.41) is 4.16. The molecule has 1 amide bonds. The lowest BCUT2D eigenvalue weighted by Gasteiger charge is -2.23. The molecule has 0 spiro atoms. The summed E-state index contributed by atoms with van der Waals surface area (Å²) < 4.78 is 5.34. The highest BCUT2D eigenvalue weighted by Crippen LogP contribution is 2.32. The highest BCUT2D eigenvalue weighted by atomic mass is 16.5. The summed E-state index contributed by atoms with van der Waals surface area (Å²) in [4.78, 5) is 14.2. The first-order valence-corrected chi connectivity index (χ1v) is 7.36. The minimum atomic E-state index is 0.126. The number of aromatic nitrogens is 1. The zero-order chi connectivity index (χ0) is 13.8. The van der Waals surface area contributed by atoms with Gasteiger partial charge >= 0.3 is 0 Å². The number of carbonyl (C=O) groups is 1. The molecule has 0 radical (unpaired) electrons. The molecule has 106 valence electrons. The van der Waals surface area contributed by atoms with Gasteiger partial charge in [0.2, 0.25) is 5.91 Å². The Morgan fingerprint density at radius 1 is 1.58 bits per heavy atom. The second-order valence-electron chi connectivity index (χ2n) is 5.81. The van der Waals surface area contributed by atoms with Crippen LogP contribution in [0.2, 0.25) is 0 Å². The van der Waals surface area contributed by atoms with E-state index >= 15 is 0 Å². The third-order valence-electron chi connectivity index (χ3n) is 3.57. The van der Waals surface area contributed by atoms with Gasteiger partial charge in [0, 0.05) is 25.5 Å².